The van der Waals surface area contributed by atoms with Crippen molar-refractivity contribution in [1.82, 2.24) is 9.88 Å². The second-order valence-electron chi connectivity index (χ2n) is 3.75. The minimum Gasteiger partial charge on any atom is -0.298 e. The molecule has 1 aromatic rings. The molecule has 2 heteroatoms. The lowest BCUT2D eigenvalue weighted by molar-refractivity contribution is 0.183. The predicted molar refractivity (Wildman–Crippen MR) is 53.5 cm³/mol. The molecule has 0 unspecified atom stereocenters. The van der Waals surface area contributed by atoms with Gasteiger partial charge in [0, 0.05) is 6.20 Å². The van der Waals surface area contributed by atoms with Crippen LogP contribution in [-0.2, 0) is 0 Å². The van der Waals surface area contributed by atoms with E-state index in [2.05, 4.69) is 29.1 Å². The van der Waals surface area contributed by atoms with Crippen LogP contribution in [0.3, 0.4) is 0 Å². The van der Waals surface area contributed by atoms with Gasteiger partial charge in [0.05, 0.1) is 11.7 Å². The number of aromatic nitrogens is 1. The molecule has 2 rings (SSSR count). The van der Waals surface area contributed by atoms with Gasteiger partial charge in [0.1, 0.15) is 0 Å². The summed E-state index contributed by atoms with van der Waals surface area (Å²) in [5.74, 6) is 0. The number of piperidine rings is 1. The Balaban J connectivity index is 2.15. The summed E-state index contributed by atoms with van der Waals surface area (Å²) in [6.45, 7) is 1.21. The summed E-state index contributed by atoms with van der Waals surface area (Å²) in [7, 11) is 2.19. The molecule has 0 radical (unpaired) electrons. The Bertz CT molecular complexity index is 258. The molecule has 1 atom stereocenters. The fourth-order valence-corrected chi connectivity index (χ4v) is 2.02. The van der Waals surface area contributed by atoms with Gasteiger partial charge >= 0.3 is 0 Å². The average Bonchev–Trinajstić information content (AvgIpc) is 2.20. The van der Waals surface area contributed by atoms with Crippen molar-refractivity contribution >= 4 is 0 Å². The molecule has 2 heterocycles. The largest absolute Gasteiger partial charge is 0.298 e. The summed E-state index contributed by atoms with van der Waals surface area (Å²) in [6.07, 6.45) is 5.82. The summed E-state index contributed by atoms with van der Waals surface area (Å²) in [4.78, 5) is 6.82. The van der Waals surface area contributed by atoms with Crippen molar-refractivity contribution in [1.29, 1.82) is 0 Å². The molecule has 0 saturated carbocycles. The minimum absolute atomic E-state index is 0.551. The van der Waals surface area contributed by atoms with Crippen molar-refractivity contribution in [2.75, 3.05) is 13.6 Å². The first-order valence-corrected chi connectivity index (χ1v) is 4.99. The first-order chi connectivity index (χ1) is 6.38. The highest BCUT2D eigenvalue weighted by Gasteiger charge is 2.20. The van der Waals surface area contributed by atoms with Crippen LogP contribution in [0.5, 0.6) is 0 Å². The third-order valence-corrected chi connectivity index (χ3v) is 2.80. The lowest BCUT2D eigenvalue weighted by Gasteiger charge is -2.31. The van der Waals surface area contributed by atoms with E-state index in [9.17, 15) is 0 Å². The number of hydrogen-bond donors (Lipinski definition) is 0. The number of rotatable bonds is 1. The van der Waals surface area contributed by atoms with Crippen LogP contribution in [-0.4, -0.2) is 23.5 Å². The molecule has 13 heavy (non-hydrogen) atoms. The van der Waals surface area contributed by atoms with Crippen LogP contribution in [0.4, 0.5) is 0 Å². The third kappa shape index (κ3) is 1.89. The molecule has 0 amide bonds. The zero-order valence-corrected chi connectivity index (χ0v) is 8.11. The Morgan fingerprint density at radius 3 is 3.00 bits per heavy atom. The van der Waals surface area contributed by atoms with E-state index in [1.165, 1.54) is 31.5 Å². The highest BCUT2D eigenvalue weighted by Crippen LogP contribution is 2.27. The standard InChI is InChI=1S/C11H16N2/c1-13-9-5-3-7-11(13)10-6-2-4-8-12-10/h2,4,6,8,11H,3,5,7,9H2,1H3/t11-/m1/s1. The molecule has 0 spiro atoms. The lowest BCUT2D eigenvalue weighted by Crippen LogP contribution is -2.30. The summed E-state index contributed by atoms with van der Waals surface area (Å²) >= 11 is 0. The average molecular weight is 176 g/mol. The topological polar surface area (TPSA) is 16.1 Å². The van der Waals surface area contributed by atoms with Crippen LogP contribution >= 0.6 is 0 Å². The summed E-state index contributed by atoms with van der Waals surface area (Å²) in [5.41, 5.74) is 1.23. The van der Waals surface area contributed by atoms with E-state index in [1.807, 2.05) is 12.3 Å². The highest BCUT2D eigenvalue weighted by molar-refractivity contribution is 5.09. The Hall–Kier alpha value is -0.890. The zero-order chi connectivity index (χ0) is 9.10. The molecular formula is C11H16N2. The summed E-state index contributed by atoms with van der Waals surface area (Å²) < 4.78 is 0. The molecule has 0 N–H and O–H groups in total. The fraction of sp³-hybridized carbons (Fsp3) is 0.545. The van der Waals surface area contributed by atoms with E-state index in [0.717, 1.165) is 0 Å². The van der Waals surface area contributed by atoms with E-state index in [4.69, 9.17) is 0 Å². The Morgan fingerprint density at radius 2 is 2.31 bits per heavy atom. The van der Waals surface area contributed by atoms with Gasteiger partial charge in [-0.25, -0.2) is 0 Å². The maximum atomic E-state index is 4.41. The SMILES string of the molecule is CN1CCCC[C@@H]1c1ccccn1. The van der Waals surface area contributed by atoms with Gasteiger partial charge in [0.2, 0.25) is 0 Å². The van der Waals surface area contributed by atoms with Crippen LogP contribution in [0.15, 0.2) is 24.4 Å². The van der Waals surface area contributed by atoms with E-state index in [-0.39, 0.29) is 0 Å². The molecule has 0 bridgehead atoms. The van der Waals surface area contributed by atoms with E-state index in [0.29, 0.717) is 6.04 Å². The zero-order valence-electron chi connectivity index (χ0n) is 8.11. The molecule has 1 aliphatic heterocycles. The number of nitrogens with zero attached hydrogens (tertiary/aromatic N) is 2. The number of hydrogen-bond acceptors (Lipinski definition) is 2. The van der Waals surface area contributed by atoms with Gasteiger partial charge in [0.25, 0.3) is 0 Å². The summed E-state index contributed by atoms with van der Waals surface area (Å²) in [6, 6.07) is 6.73. The molecule has 1 fully saturated rings. The van der Waals surface area contributed by atoms with Gasteiger partial charge in [-0.1, -0.05) is 12.5 Å². The van der Waals surface area contributed by atoms with Gasteiger partial charge < -0.3 is 0 Å². The molecule has 70 valence electrons. The first kappa shape index (κ1) is 8.70. The van der Waals surface area contributed by atoms with Gasteiger partial charge in [0.15, 0.2) is 0 Å². The van der Waals surface area contributed by atoms with Gasteiger partial charge in [-0.05, 0) is 38.6 Å². The smallest absolute Gasteiger partial charge is 0.0575 e. The van der Waals surface area contributed by atoms with Crippen LogP contribution in [0.1, 0.15) is 31.0 Å². The highest BCUT2D eigenvalue weighted by atomic mass is 15.1. The molecular weight excluding hydrogens is 160 g/mol. The van der Waals surface area contributed by atoms with E-state index >= 15 is 0 Å². The van der Waals surface area contributed by atoms with Crippen molar-refractivity contribution in [3.8, 4) is 0 Å². The Labute approximate surface area is 79.6 Å². The Morgan fingerprint density at radius 1 is 1.38 bits per heavy atom. The third-order valence-electron chi connectivity index (χ3n) is 2.80. The molecule has 1 aromatic heterocycles. The van der Waals surface area contributed by atoms with Crippen molar-refractivity contribution in [3.63, 3.8) is 0 Å². The molecule has 1 aliphatic rings. The Kier molecular flexibility index (Phi) is 2.60. The van der Waals surface area contributed by atoms with Crippen LogP contribution < -0.4 is 0 Å². The van der Waals surface area contributed by atoms with Crippen molar-refractivity contribution in [2.24, 2.45) is 0 Å². The number of pyridine rings is 1. The van der Waals surface area contributed by atoms with E-state index < -0.39 is 0 Å². The second kappa shape index (κ2) is 3.88. The normalized spacial score (nSPS) is 24.5. The van der Waals surface area contributed by atoms with Crippen molar-refractivity contribution < 1.29 is 0 Å². The monoisotopic (exact) mass is 176 g/mol. The second-order valence-corrected chi connectivity index (χ2v) is 3.75. The maximum absolute atomic E-state index is 4.41. The van der Waals surface area contributed by atoms with Crippen LogP contribution in [0.2, 0.25) is 0 Å². The van der Waals surface area contributed by atoms with Crippen molar-refractivity contribution in [3.05, 3.63) is 30.1 Å². The van der Waals surface area contributed by atoms with E-state index in [1.54, 1.807) is 0 Å². The predicted octanol–water partition coefficient (Wildman–Crippen LogP) is 2.24. The van der Waals surface area contributed by atoms with Crippen LogP contribution in [0, 0.1) is 0 Å². The molecule has 2 nitrogen and oxygen atoms in total. The molecule has 0 aromatic carbocycles. The van der Waals surface area contributed by atoms with Crippen LogP contribution in [0.25, 0.3) is 0 Å². The van der Waals surface area contributed by atoms with Gasteiger partial charge in [-0.15, -0.1) is 0 Å². The van der Waals surface area contributed by atoms with Gasteiger partial charge in [-0.3, -0.25) is 9.88 Å². The fourth-order valence-electron chi connectivity index (χ4n) is 2.02. The minimum atomic E-state index is 0.551. The summed E-state index contributed by atoms with van der Waals surface area (Å²) in [5, 5.41) is 0. The number of likely N-dealkylation sites (tertiary alicyclic amines) is 1. The molecule has 0 aliphatic carbocycles. The van der Waals surface area contributed by atoms with Crippen molar-refractivity contribution in [2.45, 2.75) is 25.3 Å². The quantitative estimate of drug-likeness (QED) is 0.652. The first-order valence-electron chi connectivity index (χ1n) is 4.99. The lowest BCUT2D eigenvalue weighted by atomic mass is 10.00. The molecule has 1 saturated heterocycles. The van der Waals surface area contributed by atoms with Gasteiger partial charge in [-0.2, -0.15) is 0 Å². The maximum Gasteiger partial charge on any atom is 0.0575 e.